The number of hydrogen-bond acceptors (Lipinski definition) is 0. The molecular weight excluding hydrogens is 967 g/mol. The maximum absolute atomic E-state index is 13.8. The molecule has 0 aromatic heterocycles. The highest BCUT2D eigenvalue weighted by Crippen LogP contribution is 2.70. The minimum Gasteiger partial charge on any atom is -1.00 e. The van der Waals surface area contributed by atoms with Crippen molar-refractivity contribution in [3.05, 3.63) is 0 Å². The first-order chi connectivity index (χ1) is 20.8. The molecule has 0 spiro atoms. The van der Waals surface area contributed by atoms with E-state index in [9.17, 15) is 149 Å². The number of quaternary nitrogens is 1. The van der Waals surface area contributed by atoms with Gasteiger partial charge >= 0.3 is 90.3 Å². The van der Waals surface area contributed by atoms with Crippen LogP contribution in [0.3, 0.4) is 0 Å². The Kier molecular flexibility index (Phi) is 12.3. The van der Waals surface area contributed by atoms with E-state index in [1.165, 1.54) is 0 Å². The van der Waals surface area contributed by atoms with E-state index >= 15 is 0 Å². The Morgan fingerprint density at radius 3 is 0.471 bits per heavy atom. The van der Waals surface area contributed by atoms with Gasteiger partial charge in [0.15, 0.2) is 0 Å². The highest BCUT2D eigenvalue weighted by atomic mass is 127. The topological polar surface area (TPSA) is 0 Å². The van der Waals surface area contributed by atoms with Gasteiger partial charge in [-0.1, -0.05) is 0 Å². The molecule has 36 heteroatoms. The van der Waals surface area contributed by atoms with E-state index in [2.05, 4.69) is 0 Å². The molecule has 0 saturated heterocycles. The summed E-state index contributed by atoms with van der Waals surface area (Å²) in [4.78, 5) is 0. The summed E-state index contributed by atoms with van der Waals surface area (Å²) in [5.74, 6) is -100.0. The van der Waals surface area contributed by atoms with Crippen molar-refractivity contribution in [3.63, 3.8) is 0 Å². The summed E-state index contributed by atoms with van der Waals surface area (Å²) in [5, 5.41) is 0. The molecule has 0 radical (unpaired) electrons. The fourth-order valence-corrected chi connectivity index (χ4v) is 3.06. The second-order valence-corrected chi connectivity index (χ2v) is 8.86. The van der Waals surface area contributed by atoms with Crippen molar-refractivity contribution in [2.45, 2.75) is 90.3 Å². The first-order valence-corrected chi connectivity index (χ1v) is 10.1. The average Bonchev–Trinajstić information content (AvgIpc) is 2.78. The molecule has 0 rings (SSSR count). The number of rotatable bonds is 11. The quantitative estimate of drug-likeness (QED) is 0.0857. The number of nitrogens with zero attached hydrogens (tertiary/aromatic N) is 1. The first kappa shape index (κ1) is 51.4. The van der Waals surface area contributed by atoms with Crippen LogP contribution in [0.1, 0.15) is 0 Å². The molecule has 0 aromatic carbocycles. The lowest BCUT2D eigenvalue weighted by Gasteiger charge is -2.48. The average molecular weight is 967 g/mol. The summed E-state index contributed by atoms with van der Waals surface area (Å²) in [6.45, 7) is 0. The van der Waals surface area contributed by atoms with Gasteiger partial charge in [0.05, 0.1) is 0 Å². The van der Waals surface area contributed by atoms with E-state index in [-0.39, 0.29) is 24.0 Å². The first-order valence-electron chi connectivity index (χ1n) is 10.1. The van der Waals surface area contributed by atoms with Crippen molar-refractivity contribution in [1.29, 1.82) is 0 Å². The molecule has 0 bridgehead atoms. The number of halogens is 35. The molecule has 0 heterocycles. The predicted molar refractivity (Wildman–Crippen MR) is 78.9 cm³/mol. The zero-order chi connectivity index (χ0) is 42.0. The highest BCUT2D eigenvalue weighted by Gasteiger charge is 3.05. The largest absolute Gasteiger partial charge is 1.00 e. The number of alkyl halides is 34. The number of hydrogen-bond donors (Lipinski definition) is 0. The van der Waals surface area contributed by atoms with E-state index in [1.807, 2.05) is 0 Å². The Hall–Kier alpha value is -1.69. The molecule has 0 amide bonds. The molecule has 0 aromatic rings. The van der Waals surface area contributed by atoms with Crippen molar-refractivity contribution >= 4 is 0 Å². The van der Waals surface area contributed by atoms with Gasteiger partial charge in [0.2, 0.25) is 0 Å². The fraction of sp³-hybridized carbons (Fsp3) is 1.00. The lowest BCUT2D eigenvalue weighted by Crippen LogP contribution is -3.00. The third kappa shape index (κ3) is 5.83. The van der Waals surface area contributed by atoms with E-state index < -0.39 is 94.8 Å². The van der Waals surface area contributed by atoms with Crippen molar-refractivity contribution in [1.82, 2.24) is 0 Å². The van der Waals surface area contributed by atoms with Crippen molar-refractivity contribution in [2.75, 3.05) is 0 Å². The summed E-state index contributed by atoms with van der Waals surface area (Å²) in [7, 11) is 0. The van der Waals surface area contributed by atoms with Crippen LogP contribution in [0.5, 0.6) is 0 Å². The minimum absolute atomic E-state index is 0. The Bertz CT molecular complexity index is 1200. The van der Waals surface area contributed by atoms with Gasteiger partial charge in [-0.25, -0.2) is 0 Å². The summed E-state index contributed by atoms with van der Waals surface area (Å²) in [5.41, 5.74) is 0. The van der Waals surface area contributed by atoms with Gasteiger partial charge in [-0.15, -0.1) is 48.3 Å². The lowest BCUT2D eigenvalue weighted by molar-refractivity contribution is -1.22. The molecule has 0 saturated carbocycles. The molecule has 51 heavy (non-hydrogen) atoms. The third-order valence-electron chi connectivity index (χ3n) is 5.85. The maximum atomic E-state index is 13.8. The van der Waals surface area contributed by atoms with Gasteiger partial charge in [0.25, 0.3) is 0 Å². The SMILES string of the molecule is FC(F)(F)C(F)(F)C(F)(F)C(F)(F)C(F)(F)C(F)(F)C(F)(F)C(F)(F)C(F)(F)C(F)(F)C(F)(F)C(F)(F)[N+](C(F)(F)F)(C(F)(F)F)C(F)(F)F.[I-]. The van der Waals surface area contributed by atoms with Crippen LogP contribution in [0.4, 0.5) is 149 Å². The molecular formula is C15F34IN. The molecule has 0 aliphatic heterocycles. The van der Waals surface area contributed by atoms with Gasteiger partial charge in [-0.05, 0) is 0 Å². The van der Waals surface area contributed by atoms with Crippen LogP contribution in [0.15, 0.2) is 0 Å². The van der Waals surface area contributed by atoms with Crippen LogP contribution >= 0.6 is 0 Å². The van der Waals surface area contributed by atoms with Gasteiger partial charge in [-0.3, -0.25) is 0 Å². The molecule has 0 aliphatic carbocycles. The summed E-state index contributed by atoms with van der Waals surface area (Å²) in [6.07, 6.45) is -36.6. The fourth-order valence-electron chi connectivity index (χ4n) is 3.06. The van der Waals surface area contributed by atoms with Crippen LogP contribution in [0, 0.1) is 0 Å². The van der Waals surface area contributed by atoms with Gasteiger partial charge in [-0.2, -0.15) is 101 Å². The lowest BCUT2D eigenvalue weighted by atomic mass is 9.85. The molecule has 1 nitrogen and oxygen atoms in total. The van der Waals surface area contributed by atoms with Gasteiger partial charge in [0.1, 0.15) is 0 Å². The highest BCUT2D eigenvalue weighted by molar-refractivity contribution is 5.19. The van der Waals surface area contributed by atoms with Gasteiger partial charge in [0, 0.05) is 4.48 Å². The van der Waals surface area contributed by atoms with E-state index in [4.69, 9.17) is 0 Å². The second-order valence-electron chi connectivity index (χ2n) is 8.86. The molecule has 0 N–H and O–H groups in total. The summed E-state index contributed by atoms with van der Waals surface area (Å²) < 4.78 is 439. The molecule has 0 aliphatic rings. The Labute approximate surface area is 269 Å². The van der Waals surface area contributed by atoms with Crippen LogP contribution < -0.4 is 24.0 Å². The zero-order valence-electron chi connectivity index (χ0n) is 21.2. The van der Waals surface area contributed by atoms with Crippen LogP contribution in [0.2, 0.25) is 0 Å². The minimum atomic E-state index is -10.4. The summed E-state index contributed by atoms with van der Waals surface area (Å²) >= 11 is 0. The summed E-state index contributed by atoms with van der Waals surface area (Å²) in [6, 6.07) is -10.4. The standard InChI is InChI=1S/C15F34N.HI/c16-1(17,3(20,21)5(24,25)7(28,29)9(32,33)11(36,37)38)2(18,19)4(22,23)6(26,27)8(30,31)10(34,35)12(39,40)50(13(41,42)43,14(44,45)46)15(47,48)49;/h;1H/q+1;/p-1. The Morgan fingerprint density at radius 2 is 0.333 bits per heavy atom. The smallest absolute Gasteiger partial charge is 0.581 e. The Balaban J connectivity index is 0. The molecule has 0 fully saturated rings. The van der Waals surface area contributed by atoms with E-state index in [0.717, 1.165) is 0 Å². The zero-order valence-corrected chi connectivity index (χ0v) is 23.3. The van der Waals surface area contributed by atoms with E-state index in [0.29, 0.717) is 0 Å². The maximum Gasteiger partial charge on any atom is 0.581 e. The Morgan fingerprint density at radius 1 is 0.196 bits per heavy atom. The van der Waals surface area contributed by atoms with E-state index in [1.54, 1.807) is 0 Å². The van der Waals surface area contributed by atoms with Crippen LogP contribution in [-0.4, -0.2) is 94.8 Å². The monoisotopic (exact) mass is 967 g/mol. The third-order valence-corrected chi connectivity index (χ3v) is 5.85. The predicted octanol–water partition coefficient (Wildman–Crippen LogP) is 7.87. The van der Waals surface area contributed by atoms with Crippen molar-refractivity contribution in [2.24, 2.45) is 0 Å². The van der Waals surface area contributed by atoms with Crippen LogP contribution in [0.25, 0.3) is 0 Å². The molecule has 0 unspecified atom stereocenters. The van der Waals surface area contributed by atoms with Crippen LogP contribution in [-0.2, 0) is 0 Å². The van der Waals surface area contributed by atoms with Crippen molar-refractivity contribution in [3.8, 4) is 0 Å². The van der Waals surface area contributed by atoms with Crippen molar-refractivity contribution < 1.29 is 178 Å². The second kappa shape index (κ2) is 12.2. The molecule has 0 atom stereocenters. The molecule has 310 valence electrons. The normalized spacial score (nSPS) is 17.1. The van der Waals surface area contributed by atoms with Gasteiger partial charge < -0.3 is 24.0 Å².